The molecule has 2 aromatic heterocycles. The van der Waals surface area contributed by atoms with Crippen molar-refractivity contribution in [3.63, 3.8) is 0 Å². The summed E-state index contributed by atoms with van der Waals surface area (Å²) < 4.78 is 1.43. The highest BCUT2D eigenvalue weighted by molar-refractivity contribution is 5.54. The SMILES string of the molecule is Cc1nn(-c2ccncn2)c(N)c1C#N. The van der Waals surface area contributed by atoms with Gasteiger partial charge in [-0.2, -0.15) is 15.0 Å². The fourth-order valence-electron chi connectivity index (χ4n) is 1.27. The van der Waals surface area contributed by atoms with E-state index in [1.165, 1.54) is 11.0 Å². The molecule has 6 nitrogen and oxygen atoms in total. The Bertz CT molecular complexity index is 522. The number of anilines is 1. The van der Waals surface area contributed by atoms with Crippen molar-refractivity contribution >= 4 is 5.82 Å². The zero-order valence-corrected chi connectivity index (χ0v) is 8.05. The van der Waals surface area contributed by atoms with Crippen molar-refractivity contribution in [1.29, 1.82) is 5.26 Å². The van der Waals surface area contributed by atoms with E-state index in [4.69, 9.17) is 11.0 Å². The third-order valence-electron chi connectivity index (χ3n) is 1.99. The largest absolute Gasteiger partial charge is 0.382 e. The summed E-state index contributed by atoms with van der Waals surface area (Å²) in [4.78, 5) is 7.79. The molecule has 0 aliphatic rings. The molecule has 0 saturated carbocycles. The minimum atomic E-state index is 0.300. The number of nitrogens with zero attached hydrogens (tertiary/aromatic N) is 5. The maximum Gasteiger partial charge on any atom is 0.159 e. The summed E-state index contributed by atoms with van der Waals surface area (Å²) in [5.41, 5.74) is 6.74. The van der Waals surface area contributed by atoms with E-state index >= 15 is 0 Å². The lowest BCUT2D eigenvalue weighted by Crippen LogP contribution is -2.04. The average Bonchev–Trinajstić information content (AvgIpc) is 2.55. The van der Waals surface area contributed by atoms with Gasteiger partial charge in [-0.05, 0) is 6.92 Å². The van der Waals surface area contributed by atoms with E-state index in [1.807, 2.05) is 6.07 Å². The number of aromatic nitrogens is 4. The van der Waals surface area contributed by atoms with Gasteiger partial charge in [-0.3, -0.25) is 0 Å². The standard InChI is InChI=1S/C9H8N6/c1-6-7(4-10)9(11)15(14-6)8-2-3-12-5-13-8/h2-3,5H,11H2,1H3. The maximum absolute atomic E-state index is 8.84. The summed E-state index contributed by atoms with van der Waals surface area (Å²) in [6.07, 6.45) is 2.99. The van der Waals surface area contributed by atoms with Crippen LogP contribution in [0.3, 0.4) is 0 Å². The lowest BCUT2D eigenvalue weighted by Gasteiger charge is -2.00. The number of hydrogen-bond acceptors (Lipinski definition) is 5. The highest BCUT2D eigenvalue weighted by Gasteiger charge is 2.13. The Morgan fingerprint density at radius 2 is 2.33 bits per heavy atom. The second-order valence-corrected chi connectivity index (χ2v) is 2.94. The van der Waals surface area contributed by atoms with Crippen molar-refractivity contribution in [2.24, 2.45) is 0 Å². The van der Waals surface area contributed by atoms with Gasteiger partial charge in [0.15, 0.2) is 5.82 Å². The molecule has 0 aromatic carbocycles. The second-order valence-electron chi connectivity index (χ2n) is 2.94. The highest BCUT2D eigenvalue weighted by Crippen LogP contribution is 2.17. The van der Waals surface area contributed by atoms with Crippen LogP contribution >= 0.6 is 0 Å². The molecule has 0 bridgehead atoms. The van der Waals surface area contributed by atoms with E-state index in [0.717, 1.165) is 0 Å². The van der Waals surface area contributed by atoms with Gasteiger partial charge in [-0.15, -0.1) is 0 Å². The molecular weight excluding hydrogens is 192 g/mol. The quantitative estimate of drug-likeness (QED) is 0.720. The van der Waals surface area contributed by atoms with Crippen molar-refractivity contribution in [2.75, 3.05) is 5.73 Å². The van der Waals surface area contributed by atoms with E-state index in [9.17, 15) is 0 Å². The fraction of sp³-hybridized carbons (Fsp3) is 0.111. The number of nitrogen functional groups attached to an aromatic ring is 1. The van der Waals surface area contributed by atoms with Crippen molar-refractivity contribution < 1.29 is 0 Å². The predicted molar refractivity (Wildman–Crippen MR) is 53.0 cm³/mol. The van der Waals surface area contributed by atoms with E-state index in [0.29, 0.717) is 22.9 Å². The van der Waals surface area contributed by atoms with Crippen LogP contribution in [0.5, 0.6) is 0 Å². The van der Waals surface area contributed by atoms with Crippen LogP contribution in [0.2, 0.25) is 0 Å². The fourth-order valence-corrected chi connectivity index (χ4v) is 1.27. The van der Waals surface area contributed by atoms with Crippen LogP contribution in [0, 0.1) is 18.3 Å². The maximum atomic E-state index is 8.84. The molecule has 0 unspecified atom stereocenters. The highest BCUT2D eigenvalue weighted by atomic mass is 15.3. The van der Waals surface area contributed by atoms with Crippen molar-refractivity contribution in [2.45, 2.75) is 6.92 Å². The van der Waals surface area contributed by atoms with Crippen LogP contribution in [0.25, 0.3) is 5.82 Å². The monoisotopic (exact) mass is 200 g/mol. The molecule has 0 radical (unpaired) electrons. The molecule has 2 N–H and O–H groups in total. The van der Waals surface area contributed by atoms with Crippen molar-refractivity contribution in [3.05, 3.63) is 29.8 Å². The van der Waals surface area contributed by atoms with Gasteiger partial charge in [-0.25, -0.2) is 9.97 Å². The van der Waals surface area contributed by atoms with E-state index < -0.39 is 0 Å². The van der Waals surface area contributed by atoms with Crippen LogP contribution in [0.1, 0.15) is 11.3 Å². The predicted octanol–water partition coefficient (Wildman–Crippen LogP) is 0.425. The number of hydrogen-bond donors (Lipinski definition) is 1. The van der Waals surface area contributed by atoms with E-state index in [-0.39, 0.29) is 0 Å². The van der Waals surface area contributed by atoms with Crippen LogP contribution in [0.15, 0.2) is 18.6 Å². The topological polar surface area (TPSA) is 93.4 Å². The number of aryl methyl sites for hydroxylation is 1. The minimum Gasteiger partial charge on any atom is -0.382 e. The normalized spacial score (nSPS) is 9.87. The Morgan fingerprint density at radius 3 is 2.87 bits per heavy atom. The molecule has 0 spiro atoms. The molecule has 0 aliphatic heterocycles. The van der Waals surface area contributed by atoms with Crippen molar-refractivity contribution in [3.8, 4) is 11.9 Å². The van der Waals surface area contributed by atoms with Crippen LogP contribution in [-0.4, -0.2) is 19.7 Å². The van der Waals surface area contributed by atoms with Crippen molar-refractivity contribution in [1.82, 2.24) is 19.7 Å². The van der Waals surface area contributed by atoms with Gasteiger partial charge in [0.25, 0.3) is 0 Å². The Labute approximate surface area is 86.0 Å². The summed E-state index contributed by atoms with van der Waals surface area (Å²) in [5, 5.41) is 13.0. The molecule has 0 saturated heterocycles. The third-order valence-corrected chi connectivity index (χ3v) is 1.99. The second kappa shape index (κ2) is 3.38. The molecule has 0 fully saturated rings. The van der Waals surface area contributed by atoms with E-state index in [2.05, 4.69) is 15.1 Å². The number of nitrogens with two attached hydrogens (primary N) is 1. The summed E-state index contributed by atoms with van der Waals surface area (Å²) in [7, 11) is 0. The van der Waals surface area contributed by atoms with Crippen LogP contribution in [0.4, 0.5) is 5.82 Å². The van der Waals surface area contributed by atoms with Crippen LogP contribution in [-0.2, 0) is 0 Å². The first kappa shape index (κ1) is 9.15. The first-order chi connectivity index (χ1) is 7.24. The molecule has 74 valence electrons. The molecule has 0 aliphatic carbocycles. The van der Waals surface area contributed by atoms with Crippen LogP contribution < -0.4 is 5.73 Å². The molecule has 0 atom stereocenters. The van der Waals surface area contributed by atoms with Gasteiger partial charge < -0.3 is 5.73 Å². The lowest BCUT2D eigenvalue weighted by molar-refractivity contribution is 0.835. The molecular formula is C9H8N6. The average molecular weight is 200 g/mol. The minimum absolute atomic E-state index is 0.300. The third kappa shape index (κ3) is 1.40. The molecule has 2 rings (SSSR count). The smallest absolute Gasteiger partial charge is 0.159 e. The first-order valence-electron chi connectivity index (χ1n) is 4.25. The van der Waals surface area contributed by atoms with Gasteiger partial charge in [0.1, 0.15) is 23.8 Å². The Hall–Kier alpha value is -2.42. The van der Waals surface area contributed by atoms with Gasteiger partial charge in [0.2, 0.25) is 0 Å². The molecule has 2 aromatic rings. The van der Waals surface area contributed by atoms with Gasteiger partial charge in [0, 0.05) is 12.3 Å². The molecule has 0 amide bonds. The zero-order valence-electron chi connectivity index (χ0n) is 8.05. The van der Waals surface area contributed by atoms with Gasteiger partial charge in [-0.1, -0.05) is 0 Å². The summed E-state index contributed by atoms with van der Waals surface area (Å²) in [5.74, 6) is 0.848. The molecule has 15 heavy (non-hydrogen) atoms. The summed E-state index contributed by atoms with van der Waals surface area (Å²) >= 11 is 0. The Morgan fingerprint density at radius 1 is 1.53 bits per heavy atom. The summed E-state index contributed by atoms with van der Waals surface area (Å²) in [6.45, 7) is 1.73. The first-order valence-corrected chi connectivity index (χ1v) is 4.25. The van der Waals surface area contributed by atoms with Gasteiger partial charge >= 0.3 is 0 Å². The zero-order chi connectivity index (χ0) is 10.8. The number of rotatable bonds is 1. The van der Waals surface area contributed by atoms with Gasteiger partial charge in [0.05, 0.1) is 5.69 Å². The molecule has 6 heteroatoms. The summed E-state index contributed by atoms with van der Waals surface area (Å²) in [6, 6.07) is 3.67. The Kier molecular flexibility index (Phi) is 2.06. The van der Waals surface area contributed by atoms with E-state index in [1.54, 1.807) is 19.2 Å². The Balaban J connectivity index is 2.62. The molecule has 2 heterocycles. The number of nitriles is 1. The lowest BCUT2D eigenvalue weighted by atomic mass is 10.3.